The lowest BCUT2D eigenvalue weighted by Crippen LogP contribution is -2.25. The molecule has 6 heteroatoms. The Bertz CT molecular complexity index is 671. The second-order valence-electron chi connectivity index (χ2n) is 5.51. The first-order valence-corrected chi connectivity index (χ1v) is 10.2. The second-order valence-corrected chi connectivity index (χ2v) is 7.56. The molecular formula is C19H23NO3S2. The molecule has 25 heavy (non-hydrogen) atoms. The fourth-order valence-corrected chi connectivity index (χ4v) is 4.12. The van der Waals surface area contributed by atoms with Gasteiger partial charge < -0.3 is 10.1 Å². The van der Waals surface area contributed by atoms with Crippen LogP contribution in [-0.4, -0.2) is 25.5 Å². The van der Waals surface area contributed by atoms with Crippen LogP contribution in [0.1, 0.15) is 40.9 Å². The van der Waals surface area contributed by atoms with Gasteiger partial charge in [0.25, 0.3) is 5.91 Å². The summed E-state index contributed by atoms with van der Waals surface area (Å²) in [6.07, 6.45) is 2.97. The van der Waals surface area contributed by atoms with Crippen molar-refractivity contribution in [3.05, 3.63) is 52.2 Å². The van der Waals surface area contributed by atoms with E-state index < -0.39 is 0 Å². The number of carbonyl (C=O) groups excluding carboxylic acids is 2. The lowest BCUT2D eigenvalue weighted by Gasteiger charge is -2.09. The number of carbonyl (C=O) groups is 2. The SMILES string of the molecule is COC(=O)CCCCCNC(=O)c1ccccc1SCc1cccs1. The van der Waals surface area contributed by atoms with E-state index in [0.29, 0.717) is 13.0 Å². The Morgan fingerprint density at radius 3 is 2.72 bits per heavy atom. The van der Waals surface area contributed by atoms with Crippen LogP contribution in [0.5, 0.6) is 0 Å². The Labute approximate surface area is 157 Å². The van der Waals surface area contributed by atoms with Crippen molar-refractivity contribution in [3.63, 3.8) is 0 Å². The molecule has 0 saturated carbocycles. The van der Waals surface area contributed by atoms with Crippen molar-refractivity contribution in [2.24, 2.45) is 0 Å². The number of thiophene rings is 1. The van der Waals surface area contributed by atoms with E-state index >= 15 is 0 Å². The van der Waals surface area contributed by atoms with Crippen LogP contribution in [0, 0.1) is 0 Å². The van der Waals surface area contributed by atoms with Crippen molar-refractivity contribution >= 4 is 35.0 Å². The molecule has 2 aromatic rings. The number of ether oxygens (including phenoxy) is 1. The molecule has 1 heterocycles. The Morgan fingerprint density at radius 2 is 1.96 bits per heavy atom. The van der Waals surface area contributed by atoms with Crippen molar-refractivity contribution in [1.82, 2.24) is 5.32 Å². The van der Waals surface area contributed by atoms with Gasteiger partial charge in [-0.1, -0.05) is 24.6 Å². The van der Waals surface area contributed by atoms with Crippen molar-refractivity contribution in [3.8, 4) is 0 Å². The molecule has 1 amide bonds. The summed E-state index contributed by atoms with van der Waals surface area (Å²) in [5, 5.41) is 5.03. The van der Waals surface area contributed by atoms with Gasteiger partial charge in [0.05, 0.1) is 12.7 Å². The summed E-state index contributed by atoms with van der Waals surface area (Å²) in [4.78, 5) is 25.7. The zero-order valence-electron chi connectivity index (χ0n) is 14.3. The molecule has 0 spiro atoms. The van der Waals surface area contributed by atoms with E-state index in [0.717, 1.165) is 35.5 Å². The molecule has 1 N–H and O–H groups in total. The van der Waals surface area contributed by atoms with Gasteiger partial charge in [-0.2, -0.15) is 0 Å². The van der Waals surface area contributed by atoms with Crippen LogP contribution in [0.4, 0.5) is 0 Å². The molecule has 0 unspecified atom stereocenters. The third-order valence-electron chi connectivity index (χ3n) is 3.65. The highest BCUT2D eigenvalue weighted by atomic mass is 32.2. The van der Waals surface area contributed by atoms with Gasteiger partial charge in [0.15, 0.2) is 0 Å². The zero-order chi connectivity index (χ0) is 17.9. The lowest BCUT2D eigenvalue weighted by molar-refractivity contribution is -0.140. The minimum atomic E-state index is -0.180. The summed E-state index contributed by atoms with van der Waals surface area (Å²) in [5.41, 5.74) is 0.721. The summed E-state index contributed by atoms with van der Waals surface area (Å²) in [6.45, 7) is 0.615. The third kappa shape index (κ3) is 6.92. The zero-order valence-corrected chi connectivity index (χ0v) is 16.0. The number of thioether (sulfide) groups is 1. The van der Waals surface area contributed by atoms with E-state index in [1.807, 2.05) is 30.3 Å². The van der Waals surface area contributed by atoms with E-state index in [4.69, 9.17) is 0 Å². The van der Waals surface area contributed by atoms with Gasteiger partial charge in [-0.25, -0.2) is 0 Å². The highest BCUT2D eigenvalue weighted by molar-refractivity contribution is 7.98. The molecular weight excluding hydrogens is 354 g/mol. The predicted octanol–water partition coefficient (Wildman–Crippen LogP) is 4.50. The van der Waals surface area contributed by atoms with Crippen LogP contribution in [0.2, 0.25) is 0 Å². The van der Waals surface area contributed by atoms with Crippen LogP contribution in [0.15, 0.2) is 46.7 Å². The van der Waals surface area contributed by atoms with Crippen molar-refractivity contribution in [1.29, 1.82) is 0 Å². The maximum absolute atomic E-state index is 12.4. The Hall–Kier alpha value is -1.79. The second kappa shape index (κ2) is 10.9. The minimum absolute atomic E-state index is 0.0396. The Morgan fingerprint density at radius 1 is 1.12 bits per heavy atom. The number of unbranched alkanes of at least 4 members (excludes halogenated alkanes) is 2. The van der Waals surface area contributed by atoms with Gasteiger partial charge >= 0.3 is 5.97 Å². The molecule has 0 aliphatic rings. The van der Waals surface area contributed by atoms with Crippen LogP contribution < -0.4 is 5.32 Å². The highest BCUT2D eigenvalue weighted by Gasteiger charge is 2.11. The number of benzene rings is 1. The summed E-state index contributed by atoms with van der Waals surface area (Å²) >= 11 is 3.41. The third-order valence-corrected chi connectivity index (χ3v) is 5.83. The van der Waals surface area contributed by atoms with Crippen LogP contribution >= 0.6 is 23.1 Å². The molecule has 0 aliphatic heterocycles. The maximum atomic E-state index is 12.4. The van der Waals surface area contributed by atoms with Crippen molar-refractivity contribution in [2.45, 2.75) is 36.3 Å². The predicted molar refractivity (Wildman–Crippen MR) is 103 cm³/mol. The molecule has 2 rings (SSSR count). The van der Waals surface area contributed by atoms with Gasteiger partial charge in [-0.3, -0.25) is 9.59 Å². The van der Waals surface area contributed by atoms with E-state index in [9.17, 15) is 9.59 Å². The lowest BCUT2D eigenvalue weighted by atomic mass is 10.2. The van der Waals surface area contributed by atoms with E-state index in [2.05, 4.69) is 21.5 Å². The first-order chi connectivity index (χ1) is 12.2. The first kappa shape index (κ1) is 19.5. The highest BCUT2D eigenvalue weighted by Crippen LogP contribution is 2.27. The molecule has 4 nitrogen and oxygen atoms in total. The molecule has 0 bridgehead atoms. The van der Waals surface area contributed by atoms with Crippen LogP contribution in [0.3, 0.4) is 0 Å². The Balaban J connectivity index is 1.76. The number of esters is 1. The topological polar surface area (TPSA) is 55.4 Å². The minimum Gasteiger partial charge on any atom is -0.469 e. The number of hydrogen-bond acceptors (Lipinski definition) is 5. The van der Waals surface area contributed by atoms with E-state index in [-0.39, 0.29) is 11.9 Å². The largest absolute Gasteiger partial charge is 0.469 e. The maximum Gasteiger partial charge on any atom is 0.305 e. The monoisotopic (exact) mass is 377 g/mol. The molecule has 0 fully saturated rings. The summed E-state index contributed by atoms with van der Waals surface area (Å²) in [5.74, 6) is 0.651. The average Bonchev–Trinajstić information content (AvgIpc) is 3.16. The summed E-state index contributed by atoms with van der Waals surface area (Å²) < 4.78 is 4.61. The fraction of sp³-hybridized carbons (Fsp3) is 0.368. The van der Waals surface area contributed by atoms with Gasteiger partial charge in [0, 0.05) is 28.5 Å². The fourth-order valence-electron chi connectivity index (χ4n) is 2.29. The van der Waals surface area contributed by atoms with E-state index in [1.165, 1.54) is 12.0 Å². The van der Waals surface area contributed by atoms with Crippen molar-refractivity contribution in [2.75, 3.05) is 13.7 Å². The molecule has 0 atom stereocenters. The number of hydrogen-bond donors (Lipinski definition) is 1. The summed E-state index contributed by atoms with van der Waals surface area (Å²) in [6, 6.07) is 11.8. The average molecular weight is 378 g/mol. The van der Waals surface area contributed by atoms with Crippen LogP contribution in [0.25, 0.3) is 0 Å². The van der Waals surface area contributed by atoms with E-state index in [1.54, 1.807) is 23.1 Å². The summed E-state index contributed by atoms with van der Waals surface area (Å²) in [7, 11) is 1.40. The molecule has 0 saturated heterocycles. The van der Waals surface area contributed by atoms with Gasteiger partial charge in [-0.05, 0) is 36.4 Å². The molecule has 0 aliphatic carbocycles. The molecule has 134 valence electrons. The van der Waals surface area contributed by atoms with Gasteiger partial charge in [0.1, 0.15) is 0 Å². The number of methoxy groups -OCH3 is 1. The van der Waals surface area contributed by atoms with Crippen LogP contribution in [-0.2, 0) is 15.3 Å². The standard InChI is InChI=1S/C19H23NO3S2/c1-23-18(21)11-3-2-6-12-20-19(22)16-9-4-5-10-17(16)25-14-15-8-7-13-24-15/h4-5,7-10,13H,2-3,6,11-12,14H2,1H3,(H,20,22). The molecule has 0 radical (unpaired) electrons. The first-order valence-electron chi connectivity index (χ1n) is 8.30. The number of nitrogens with one attached hydrogen (secondary N) is 1. The smallest absolute Gasteiger partial charge is 0.305 e. The molecule has 1 aromatic heterocycles. The molecule has 1 aromatic carbocycles. The number of rotatable bonds is 10. The number of amides is 1. The Kier molecular flexibility index (Phi) is 8.55. The van der Waals surface area contributed by atoms with Crippen molar-refractivity contribution < 1.29 is 14.3 Å². The van der Waals surface area contributed by atoms with Gasteiger partial charge in [-0.15, -0.1) is 23.1 Å². The normalized spacial score (nSPS) is 10.4. The quantitative estimate of drug-likeness (QED) is 0.376. The van der Waals surface area contributed by atoms with Gasteiger partial charge in [0.2, 0.25) is 0 Å².